The average Bonchev–Trinajstić information content (AvgIpc) is 2.74. The fourth-order valence-electron chi connectivity index (χ4n) is 1.59. The molecular weight excluding hydrogens is 224 g/mol. The Morgan fingerprint density at radius 3 is 2.65 bits per heavy atom. The van der Waals surface area contributed by atoms with E-state index in [-0.39, 0.29) is 18.7 Å². The zero-order valence-electron chi connectivity index (χ0n) is 10.5. The van der Waals surface area contributed by atoms with Crippen LogP contribution in [0.1, 0.15) is 20.3 Å². The number of methoxy groups -OCH3 is 1. The summed E-state index contributed by atoms with van der Waals surface area (Å²) in [6, 6.07) is -0.223. The van der Waals surface area contributed by atoms with Crippen LogP contribution in [0.4, 0.5) is 4.79 Å². The number of aliphatic carboxylic acids is 1. The van der Waals surface area contributed by atoms with Gasteiger partial charge in [0.05, 0.1) is 11.5 Å². The van der Waals surface area contributed by atoms with Crippen LogP contribution >= 0.6 is 0 Å². The summed E-state index contributed by atoms with van der Waals surface area (Å²) in [6.45, 7) is 4.50. The maximum Gasteiger partial charge on any atom is 0.317 e. The van der Waals surface area contributed by atoms with Crippen molar-refractivity contribution in [1.82, 2.24) is 10.2 Å². The number of hydrogen-bond acceptors (Lipinski definition) is 3. The van der Waals surface area contributed by atoms with Crippen molar-refractivity contribution < 1.29 is 19.4 Å². The molecule has 1 heterocycles. The van der Waals surface area contributed by atoms with Crippen LogP contribution < -0.4 is 5.32 Å². The van der Waals surface area contributed by atoms with Crippen LogP contribution in [0.25, 0.3) is 0 Å². The lowest BCUT2D eigenvalue weighted by Gasteiger charge is -2.22. The van der Waals surface area contributed by atoms with Crippen molar-refractivity contribution in [3.63, 3.8) is 0 Å². The Balaban J connectivity index is 2.38. The van der Waals surface area contributed by atoms with E-state index < -0.39 is 11.4 Å². The molecule has 2 amide bonds. The lowest BCUT2D eigenvalue weighted by molar-refractivity contribution is -0.146. The van der Waals surface area contributed by atoms with Crippen LogP contribution in [0.15, 0.2) is 0 Å². The van der Waals surface area contributed by atoms with E-state index in [1.165, 1.54) is 0 Å². The molecule has 1 unspecified atom stereocenters. The molecule has 1 atom stereocenters. The molecule has 0 saturated carbocycles. The van der Waals surface area contributed by atoms with Gasteiger partial charge in [-0.25, -0.2) is 4.79 Å². The Morgan fingerprint density at radius 1 is 1.53 bits per heavy atom. The Kier molecular flexibility index (Phi) is 4.34. The first kappa shape index (κ1) is 13.8. The Labute approximate surface area is 101 Å². The molecule has 1 fully saturated rings. The van der Waals surface area contributed by atoms with Crippen LogP contribution in [-0.2, 0) is 9.53 Å². The number of ether oxygens (including phenoxy) is 1. The monoisotopic (exact) mass is 244 g/mol. The van der Waals surface area contributed by atoms with Crippen molar-refractivity contribution in [3.05, 3.63) is 0 Å². The molecule has 6 nitrogen and oxygen atoms in total. The fraction of sp³-hybridized carbons (Fsp3) is 0.818. The first-order valence-electron chi connectivity index (χ1n) is 5.66. The molecule has 6 heteroatoms. The third kappa shape index (κ3) is 3.59. The summed E-state index contributed by atoms with van der Waals surface area (Å²) in [4.78, 5) is 24.3. The van der Waals surface area contributed by atoms with Gasteiger partial charge < -0.3 is 20.1 Å². The van der Waals surface area contributed by atoms with Crippen LogP contribution in [0.3, 0.4) is 0 Å². The highest BCUT2D eigenvalue weighted by Gasteiger charge is 2.30. The second kappa shape index (κ2) is 5.35. The van der Waals surface area contributed by atoms with Crippen LogP contribution in [0, 0.1) is 5.41 Å². The normalized spacial score (nSPS) is 20.4. The van der Waals surface area contributed by atoms with E-state index in [9.17, 15) is 9.59 Å². The highest BCUT2D eigenvalue weighted by Crippen LogP contribution is 2.15. The molecule has 0 aromatic carbocycles. The van der Waals surface area contributed by atoms with Gasteiger partial charge in [0.1, 0.15) is 0 Å². The van der Waals surface area contributed by atoms with E-state index in [0.717, 1.165) is 6.42 Å². The number of carbonyl (C=O) groups is 2. The summed E-state index contributed by atoms with van der Waals surface area (Å²) in [6.07, 6.45) is 0.917. The molecule has 1 saturated heterocycles. The molecule has 2 N–H and O–H groups in total. The van der Waals surface area contributed by atoms with Gasteiger partial charge in [0.15, 0.2) is 0 Å². The SMILES string of the molecule is COC1CCN(C(=O)NCC(C)(C)C(=O)O)C1. The van der Waals surface area contributed by atoms with Gasteiger partial charge in [-0.15, -0.1) is 0 Å². The second-order valence-electron chi connectivity index (χ2n) is 4.94. The average molecular weight is 244 g/mol. The van der Waals surface area contributed by atoms with E-state index in [4.69, 9.17) is 9.84 Å². The summed E-state index contributed by atoms with van der Waals surface area (Å²) in [7, 11) is 1.62. The molecule has 17 heavy (non-hydrogen) atoms. The van der Waals surface area contributed by atoms with Crippen LogP contribution in [-0.4, -0.2) is 54.9 Å². The maximum absolute atomic E-state index is 11.7. The van der Waals surface area contributed by atoms with E-state index >= 15 is 0 Å². The number of likely N-dealkylation sites (tertiary alicyclic amines) is 1. The summed E-state index contributed by atoms with van der Waals surface area (Å²) < 4.78 is 5.16. The Hall–Kier alpha value is -1.30. The topological polar surface area (TPSA) is 78.9 Å². The molecule has 0 radical (unpaired) electrons. The number of carbonyl (C=O) groups excluding carboxylic acids is 1. The van der Waals surface area contributed by atoms with Gasteiger partial charge in [0, 0.05) is 26.7 Å². The van der Waals surface area contributed by atoms with Crippen molar-refractivity contribution >= 4 is 12.0 Å². The third-order valence-corrected chi connectivity index (χ3v) is 3.03. The lowest BCUT2D eigenvalue weighted by Crippen LogP contribution is -2.45. The zero-order valence-corrected chi connectivity index (χ0v) is 10.5. The van der Waals surface area contributed by atoms with Gasteiger partial charge >= 0.3 is 12.0 Å². The van der Waals surface area contributed by atoms with Gasteiger partial charge in [0.2, 0.25) is 0 Å². The number of amides is 2. The largest absolute Gasteiger partial charge is 0.481 e. The predicted molar refractivity (Wildman–Crippen MR) is 61.8 cm³/mol. The van der Waals surface area contributed by atoms with Crippen molar-refractivity contribution in [2.24, 2.45) is 5.41 Å². The molecule has 0 bridgehead atoms. The highest BCUT2D eigenvalue weighted by molar-refractivity contribution is 5.77. The van der Waals surface area contributed by atoms with Gasteiger partial charge in [-0.3, -0.25) is 4.79 Å². The summed E-state index contributed by atoms with van der Waals surface area (Å²) in [5, 5.41) is 11.6. The van der Waals surface area contributed by atoms with Gasteiger partial charge in [-0.1, -0.05) is 0 Å². The number of rotatable bonds is 4. The summed E-state index contributed by atoms with van der Waals surface area (Å²) in [5.41, 5.74) is -0.948. The van der Waals surface area contributed by atoms with Crippen molar-refractivity contribution in [1.29, 1.82) is 0 Å². The molecule has 0 aliphatic carbocycles. The summed E-state index contributed by atoms with van der Waals surface area (Å²) >= 11 is 0. The van der Waals surface area contributed by atoms with Crippen molar-refractivity contribution in [2.45, 2.75) is 26.4 Å². The van der Waals surface area contributed by atoms with Crippen LogP contribution in [0.2, 0.25) is 0 Å². The standard InChI is InChI=1S/C11H20N2O4/c1-11(2,9(14)15)7-12-10(16)13-5-4-8(6-13)17-3/h8H,4-7H2,1-3H3,(H,12,16)(H,14,15). The van der Waals surface area contributed by atoms with E-state index in [1.807, 2.05) is 0 Å². The summed E-state index contributed by atoms with van der Waals surface area (Å²) in [5.74, 6) is -0.922. The van der Waals surface area contributed by atoms with Crippen molar-refractivity contribution in [2.75, 3.05) is 26.7 Å². The van der Waals surface area contributed by atoms with E-state index in [2.05, 4.69) is 5.32 Å². The first-order chi connectivity index (χ1) is 7.86. The maximum atomic E-state index is 11.7. The number of carboxylic acids is 1. The molecule has 0 aromatic heterocycles. The van der Waals surface area contributed by atoms with Gasteiger partial charge in [0.25, 0.3) is 0 Å². The van der Waals surface area contributed by atoms with E-state index in [0.29, 0.717) is 13.1 Å². The van der Waals surface area contributed by atoms with Gasteiger partial charge in [-0.05, 0) is 20.3 Å². The minimum atomic E-state index is -0.948. The molecular formula is C11H20N2O4. The smallest absolute Gasteiger partial charge is 0.317 e. The quantitative estimate of drug-likeness (QED) is 0.756. The Morgan fingerprint density at radius 2 is 2.18 bits per heavy atom. The van der Waals surface area contributed by atoms with Gasteiger partial charge in [-0.2, -0.15) is 0 Å². The lowest BCUT2D eigenvalue weighted by atomic mass is 9.94. The second-order valence-corrected chi connectivity index (χ2v) is 4.94. The number of nitrogens with zero attached hydrogens (tertiary/aromatic N) is 1. The van der Waals surface area contributed by atoms with Crippen molar-refractivity contribution in [3.8, 4) is 0 Å². The molecule has 98 valence electrons. The first-order valence-corrected chi connectivity index (χ1v) is 5.66. The minimum absolute atomic E-state index is 0.0910. The number of hydrogen-bond donors (Lipinski definition) is 2. The highest BCUT2D eigenvalue weighted by atomic mass is 16.5. The Bertz CT molecular complexity index is 304. The minimum Gasteiger partial charge on any atom is -0.481 e. The molecule has 0 aromatic rings. The molecule has 0 spiro atoms. The zero-order chi connectivity index (χ0) is 13.1. The number of carboxylic acid groups (broad SMARTS) is 1. The molecule has 1 aliphatic rings. The molecule has 1 aliphatic heterocycles. The molecule has 1 rings (SSSR count). The third-order valence-electron chi connectivity index (χ3n) is 3.03. The number of urea groups is 1. The number of nitrogens with one attached hydrogen (secondary N) is 1. The van der Waals surface area contributed by atoms with E-state index in [1.54, 1.807) is 25.9 Å². The van der Waals surface area contributed by atoms with Crippen LogP contribution in [0.5, 0.6) is 0 Å². The predicted octanol–water partition coefficient (Wildman–Crippen LogP) is 0.527. The fourth-order valence-corrected chi connectivity index (χ4v) is 1.59.